The molecule has 0 saturated heterocycles. The van der Waals surface area contributed by atoms with Gasteiger partial charge in [-0.25, -0.2) is 0 Å². The predicted octanol–water partition coefficient (Wildman–Crippen LogP) is 5.63. The van der Waals surface area contributed by atoms with Crippen LogP contribution in [0.1, 0.15) is 68.7 Å². The lowest BCUT2D eigenvalue weighted by molar-refractivity contribution is -0.0860. The highest BCUT2D eigenvalue weighted by Crippen LogP contribution is 2.41. The number of hydrogen-bond acceptors (Lipinski definition) is 4. The number of hydrogen-bond donors (Lipinski definition) is 2. The summed E-state index contributed by atoms with van der Waals surface area (Å²) >= 11 is 0. The molecule has 6 rings (SSSR count). The molecule has 0 radical (unpaired) electrons. The summed E-state index contributed by atoms with van der Waals surface area (Å²) in [5.74, 6) is -0.286. The molecular formula is C36H36N2O4. The molecule has 0 aliphatic carbocycles. The summed E-state index contributed by atoms with van der Waals surface area (Å²) in [6.45, 7) is 0.867. The molecule has 2 heterocycles. The number of benzene rings is 4. The van der Waals surface area contributed by atoms with Crippen LogP contribution in [0.4, 0.5) is 0 Å². The fourth-order valence-corrected chi connectivity index (χ4v) is 6.56. The molecule has 2 atom stereocenters. The van der Waals surface area contributed by atoms with Gasteiger partial charge in [-0.2, -0.15) is 0 Å². The van der Waals surface area contributed by atoms with Crippen molar-refractivity contribution in [3.05, 3.63) is 143 Å². The molecule has 0 saturated carbocycles. The van der Waals surface area contributed by atoms with Crippen LogP contribution < -0.4 is 0 Å². The first-order valence-corrected chi connectivity index (χ1v) is 14.8. The Hall–Kier alpha value is -4.26. The Morgan fingerprint density at radius 2 is 0.833 bits per heavy atom. The first kappa shape index (κ1) is 27.9. The highest BCUT2D eigenvalue weighted by atomic mass is 16.3. The maximum Gasteiger partial charge on any atom is 0.256 e. The van der Waals surface area contributed by atoms with E-state index in [9.17, 15) is 19.8 Å². The molecule has 2 amide bonds. The quantitative estimate of drug-likeness (QED) is 0.233. The van der Waals surface area contributed by atoms with Crippen LogP contribution in [0.3, 0.4) is 0 Å². The smallest absolute Gasteiger partial charge is 0.256 e. The molecule has 0 spiro atoms. The first-order chi connectivity index (χ1) is 20.4. The molecule has 2 aliphatic heterocycles. The standard InChI is InChI=1S/C36H36N2O4/c39-33-29-19-9-11-21-31(29)35(41,25-27-15-5-3-6-16-27)37(33)23-13-1-2-14-24-38-34(40)30-20-10-12-22-32(30)36(38,42)26-28-17-7-4-8-18-28/h3-12,15-22,41-42H,1-2,13-14,23-26H2. The molecule has 6 heteroatoms. The lowest BCUT2D eigenvalue weighted by Crippen LogP contribution is -2.46. The van der Waals surface area contributed by atoms with Crippen molar-refractivity contribution in [2.24, 2.45) is 0 Å². The summed E-state index contributed by atoms with van der Waals surface area (Å²) in [7, 11) is 0. The molecule has 4 aromatic rings. The van der Waals surface area contributed by atoms with Gasteiger partial charge in [0.05, 0.1) is 0 Å². The molecule has 214 valence electrons. The maximum absolute atomic E-state index is 13.4. The van der Waals surface area contributed by atoms with Gasteiger partial charge < -0.3 is 20.0 Å². The topological polar surface area (TPSA) is 81.1 Å². The summed E-state index contributed by atoms with van der Waals surface area (Å²) in [6.07, 6.45) is 3.75. The number of rotatable bonds is 11. The van der Waals surface area contributed by atoms with Gasteiger partial charge in [-0.05, 0) is 36.1 Å². The minimum absolute atomic E-state index is 0.143. The molecule has 0 aromatic heterocycles. The predicted molar refractivity (Wildman–Crippen MR) is 162 cm³/mol. The van der Waals surface area contributed by atoms with Gasteiger partial charge in [-0.1, -0.05) is 110 Å². The fraction of sp³-hybridized carbons (Fsp3) is 0.278. The van der Waals surface area contributed by atoms with E-state index in [1.165, 1.54) is 0 Å². The number of fused-ring (bicyclic) bond motifs is 2. The minimum Gasteiger partial charge on any atom is -0.366 e. The molecule has 2 unspecified atom stereocenters. The van der Waals surface area contributed by atoms with E-state index in [1.54, 1.807) is 21.9 Å². The first-order valence-electron chi connectivity index (χ1n) is 14.8. The number of carbonyl (C=O) groups is 2. The second-order valence-electron chi connectivity index (χ2n) is 11.4. The molecule has 2 N–H and O–H groups in total. The van der Waals surface area contributed by atoms with Crippen LogP contribution >= 0.6 is 0 Å². The van der Waals surface area contributed by atoms with Crippen LogP contribution in [0, 0.1) is 0 Å². The van der Waals surface area contributed by atoms with Crippen LogP contribution in [0.5, 0.6) is 0 Å². The van der Waals surface area contributed by atoms with Gasteiger partial charge in [-0.15, -0.1) is 0 Å². The molecule has 0 fully saturated rings. The van der Waals surface area contributed by atoms with E-state index in [1.807, 2.05) is 97.1 Å². The average molecular weight is 561 g/mol. The molecule has 2 aliphatic rings. The third kappa shape index (κ3) is 5.02. The van der Waals surface area contributed by atoms with E-state index < -0.39 is 11.4 Å². The lowest BCUT2D eigenvalue weighted by atomic mass is 9.94. The van der Waals surface area contributed by atoms with Crippen molar-refractivity contribution in [1.29, 1.82) is 0 Å². The molecular weight excluding hydrogens is 524 g/mol. The van der Waals surface area contributed by atoms with Gasteiger partial charge in [0.25, 0.3) is 11.8 Å². The summed E-state index contributed by atoms with van der Waals surface area (Å²) in [4.78, 5) is 29.9. The van der Waals surface area contributed by atoms with Crippen molar-refractivity contribution in [3.63, 3.8) is 0 Å². The van der Waals surface area contributed by atoms with Crippen LogP contribution in [-0.2, 0) is 24.3 Å². The Morgan fingerprint density at radius 3 is 1.24 bits per heavy atom. The minimum atomic E-state index is -1.39. The summed E-state index contributed by atoms with van der Waals surface area (Å²) in [6, 6.07) is 34.2. The van der Waals surface area contributed by atoms with Gasteiger partial charge in [0, 0.05) is 48.2 Å². The van der Waals surface area contributed by atoms with E-state index in [0.29, 0.717) is 48.2 Å². The maximum atomic E-state index is 13.4. The second kappa shape index (κ2) is 11.6. The highest BCUT2D eigenvalue weighted by Gasteiger charge is 2.49. The van der Waals surface area contributed by atoms with Crippen molar-refractivity contribution >= 4 is 11.8 Å². The Kier molecular flexibility index (Phi) is 7.67. The number of amides is 2. The molecule has 42 heavy (non-hydrogen) atoms. The van der Waals surface area contributed by atoms with E-state index in [4.69, 9.17) is 0 Å². The van der Waals surface area contributed by atoms with Crippen LogP contribution in [0.25, 0.3) is 0 Å². The van der Waals surface area contributed by atoms with Crippen LogP contribution in [-0.4, -0.2) is 44.9 Å². The van der Waals surface area contributed by atoms with Gasteiger partial charge in [0.15, 0.2) is 11.4 Å². The average Bonchev–Trinajstić information content (AvgIpc) is 3.35. The zero-order chi connectivity index (χ0) is 29.2. The second-order valence-corrected chi connectivity index (χ2v) is 11.4. The molecule has 4 aromatic carbocycles. The molecule has 6 nitrogen and oxygen atoms in total. The Labute approximate surface area is 246 Å². The van der Waals surface area contributed by atoms with E-state index >= 15 is 0 Å². The fourth-order valence-electron chi connectivity index (χ4n) is 6.56. The van der Waals surface area contributed by atoms with Crippen LogP contribution in [0.2, 0.25) is 0 Å². The van der Waals surface area contributed by atoms with E-state index in [-0.39, 0.29) is 11.8 Å². The Bertz CT molecular complexity index is 1450. The lowest BCUT2D eigenvalue weighted by Gasteiger charge is -2.35. The SMILES string of the molecule is O=C1c2ccccc2C(O)(Cc2ccccc2)N1CCCCCCN1C(=O)c2ccccc2C1(O)Cc1ccccc1. The van der Waals surface area contributed by atoms with Crippen molar-refractivity contribution in [3.8, 4) is 0 Å². The Morgan fingerprint density at radius 1 is 0.476 bits per heavy atom. The Balaban J connectivity index is 1.09. The zero-order valence-electron chi connectivity index (χ0n) is 23.7. The highest BCUT2D eigenvalue weighted by molar-refractivity contribution is 6.00. The van der Waals surface area contributed by atoms with Gasteiger partial charge in [-0.3, -0.25) is 9.59 Å². The van der Waals surface area contributed by atoms with Crippen molar-refractivity contribution in [2.45, 2.75) is 50.0 Å². The van der Waals surface area contributed by atoms with Gasteiger partial charge in [0.1, 0.15) is 0 Å². The van der Waals surface area contributed by atoms with Crippen molar-refractivity contribution in [2.75, 3.05) is 13.1 Å². The third-order valence-corrected chi connectivity index (χ3v) is 8.66. The largest absolute Gasteiger partial charge is 0.366 e. The van der Waals surface area contributed by atoms with E-state index in [0.717, 1.165) is 36.8 Å². The van der Waals surface area contributed by atoms with Gasteiger partial charge >= 0.3 is 0 Å². The number of unbranched alkanes of at least 4 members (excludes halogenated alkanes) is 3. The number of nitrogens with zero attached hydrogens (tertiary/aromatic N) is 2. The third-order valence-electron chi connectivity index (χ3n) is 8.66. The molecule has 0 bridgehead atoms. The monoisotopic (exact) mass is 560 g/mol. The normalized spacial score (nSPS) is 21.1. The number of aliphatic hydroxyl groups is 2. The van der Waals surface area contributed by atoms with E-state index in [2.05, 4.69) is 0 Å². The van der Waals surface area contributed by atoms with Crippen LogP contribution in [0.15, 0.2) is 109 Å². The zero-order valence-corrected chi connectivity index (χ0v) is 23.7. The summed E-state index contributed by atoms with van der Waals surface area (Å²) in [5, 5.41) is 23.8. The van der Waals surface area contributed by atoms with Gasteiger partial charge in [0.2, 0.25) is 0 Å². The van der Waals surface area contributed by atoms with Crippen molar-refractivity contribution < 1.29 is 19.8 Å². The summed E-state index contributed by atoms with van der Waals surface area (Å²) < 4.78 is 0. The van der Waals surface area contributed by atoms with Crippen molar-refractivity contribution in [1.82, 2.24) is 9.80 Å². The number of carbonyl (C=O) groups excluding carboxylic acids is 2. The summed E-state index contributed by atoms with van der Waals surface area (Å²) in [5.41, 5.74) is 1.57.